The summed E-state index contributed by atoms with van der Waals surface area (Å²) in [5.41, 5.74) is 0. The molecule has 0 aromatic rings. The van der Waals surface area contributed by atoms with Crippen LogP contribution in [0.15, 0.2) is 0 Å². The minimum atomic E-state index is -5.05. The van der Waals surface area contributed by atoms with E-state index in [2.05, 4.69) is 11.6 Å². The van der Waals surface area contributed by atoms with Crippen molar-refractivity contribution in [2.24, 2.45) is 0 Å². The molecule has 0 saturated heterocycles. The van der Waals surface area contributed by atoms with Crippen molar-refractivity contribution in [1.29, 1.82) is 0 Å². The van der Waals surface area contributed by atoms with Gasteiger partial charge in [0.2, 0.25) is 0 Å². The van der Waals surface area contributed by atoms with Crippen molar-refractivity contribution in [3.05, 3.63) is 0 Å². The van der Waals surface area contributed by atoms with Gasteiger partial charge in [-0.1, -0.05) is 11.6 Å². The zero-order valence-electron chi connectivity index (χ0n) is 3.89. The van der Waals surface area contributed by atoms with Crippen LogP contribution in [0.2, 0.25) is 0 Å². The summed E-state index contributed by atoms with van der Waals surface area (Å²) in [5, 5.41) is 0. The molecule has 2 nitrogen and oxygen atoms in total. The van der Waals surface area contributed by atoms with Crippen LogP contribution in [0.5, 0.6) is 0 Å². The van der Waals surface area contributed by atoms with Gasteiger partial charge in [-0.15, -0.1) is 0 Å². The highest BCUT2D eigenvalue weighted by molar-refractivity contribution is 7.93. The number of hydrogen-bond donors (Lipinski definition) is 0. The zero-order valence-corrected chi connectivity index (χ0v) is 5.46. The Kier molecular flexibility index (Phi) is 2.75. The highest BCUT2D eigenvalue weighted by Crippen LogP contribution is 2.15. The molecule has 56 valence electrons. The number of halogens is 4. The van der Waals surface area contributed by atoms with E-state index < -0.39 is 20.6 Å². The Morgan fingerprint density at radius 3 is 1.56 bits per heavy atom. The minimum absolute atomic E-state index is 3.02. The third-order valence-electron chi connectivity index (χ3n) is 0.497. The Hall–Kier alpha value is 0.0300. The standard InChI is InChI=1S/C2H2ClF3O2S/c3-1(4)9(7,8)2(5)6/h1-2H. The molecule has 0 aliphatic carbocycles. The molecular formula is C2H2ClF3O2S. The SMILES string of the molecule is O=S(=O)(C(F)F)C(F)Cl. The molecule has 0 aliphatic rings. The fraction of sp³-hybridized carbons (Fsp3) is 1.00. The lowest BCUT2D eigenvalue weighted by molar-refractivity contribution is 0.230. The van der Waals surface area contributed by atoms with Gasteiger partial charge >= 0.3 is 5.76 Å². The van der Waals surface area contributed by atoms with E-state index in [1.54, 1.807) is 0 Å². The van der Waals surface area contributed by atoms with E-state index in [4.69, 9.17) is 0 Å². The molecule has 0 amide bonds. The molecule has 0 rings (SSSR count). The highest BCUT2D eigenvalue weighted by atomic mass is 35.5. The first-order valence-corrected chi connectivity index (χ1v) is 3.72. The molecule has 0 aliphatic heterocycles. The molecule has 0 radical (unpaired) electrons. The molecule has 0 heterocycles. The second kappa shape index (κ2) is 2.74. The van der Waals surface area contributed by atoms with Crippen LogP contribution >= 0.6 is 11.6 Å². The van der Waals surface area contributed by atoms with Gasteiger partial charge in [0.1, 0.15) is 0 Å². The maximum atomic E-state index is 11.4. The fourth-order valence-corrected chi connectivity index (χ4v) is 0.467. The number of hydrogen-bond acceptors (Lipinski definition) is 2. The van der Waals surface area contributed by atoms with Crippen LogP contribution in [0, 0.1) is 0 Å². The molecule has 0 bridgehead atoms. The average molecular weight is 183 g/mol. The second-order valence-electron chi connectivity index (χ2n) is 1.11. The predicted octanol–water partition coefficient (Wildman–Crippen LogP) is 1.12. The van der Waals surface area contributed by atoms with Gasteiger partial charge in [0.15, 0.2) is 0 Å². The Labute approximate surface area is 54.5 Å². The van der Waals surface area contributed by atoms with Crippen LogP contribution in [0.3, 0.4) is 0 Å². The first-order valence-electron chi connectivity index (χ1n) is 1.68. The topological polar surface area (TPSA) is 34.1 Å². The van der Waals surface area contributed by atoms with Gasteiger partial charge < -0.3 is 0 Å². The first-order chi connectivity index (χ1) is 3.89. The normalized spacial score (nSPS) is 16.1. The van der Waals surface area contributed by atoms with E-state index in [1.165, 1.54) is 0 Å². The van der Waals surface area contributed by atoms with Gasteiger partial charge in [0, 0.05) is 0 Å². The van der Waals surface area contributed by atoms with Crippen LogP contribution in [-0.2, 0) is 9.84 Å². The van der Waals surface area contributed by atoms with Crippen molar-refractivity contribution in [3.63, 3.8) is 0 Å². The third kappa shape index (κ3) is 2.02. The highest BCUT2D eigenvalue weighted by Gasteiger charge is 2.32. The van der Waals surface area contributed by atoms with Crippen molar-refractivity contribution in [2.45, 2.75) is 10.7 Å². The number of sulfone groups is 1. The van der Waals surface area contributed by atoms with Crippen LogP contribution < -0.4 is 0 Å². The van der Waals surface area contributed by atoms with Crippen LogP contribution in [0.4, 0.5) is 13.2 Å². The zero-order chi connectivity index (χ0) is 7.65. The van der Waals surface area contributed by atoms with E-state index in [9.17, 15) is 21.6 Å². The van der Waals surface area contributed by atoms with Gasteiger partial charge in [0.05, 0.1) is 0 Å². The molecule has 7 heteroatoms. The summed E-state index contributed by atoms with van der Waals surface area (Å²) in [6.45, 7) is 0. The maximum Gasteiger partial charge on any atom is 0.340 e. The van der Waals surface area contributed by atoms with Gasteiger partial charge in [0.25, 0.3) is 14.8 Å². The van der Waals surface area contributed by atoms with Crippen LogP contribution in [0.25, 0.3) is 0 Å². The largest absolute Gasteiger partial charge is 0.340 e. The molecule has 0 aromatic carbocycles. The van der Waals surface area contributed by atoms with Crippen molar-refractivity contribution >= 4 is 21.4 Å². The summed E-state index contributed by atoms with van der Waals surface area (Å²) in [5.74, 6) is -3.75. The molecule has 9 heavy (non-hydrogen) atoms. The molecule has 0 spiro atoms. The van der Waals surface area contributed by atoms with E-state index in [1.807, 2.05) is 0 Å². The molecule has 0 fully saturated rings. The van der Waals surface area contributed by atoms with Crippen molar-refractivity contribution < 1.29 is 21.6 Å². The van der Waals surface area contributed by atoms with E-state index in [0.29, 0.717) is 0 Å². The van der Waals surface area contributed by atoms with Gasteiger partial charge in [-0.3, -0.25) is 0 Å². The fourth-order valence-electron chi connectivity index (χ4n) is 0.0778. The molecule has 1 unspecified atom stereocenters. The van der Waals surface area contributed by atoms with Crippen molar-refractivity contribution in [3.8, 4) is 0 Å². The smallest absolute Gasteiger partial charge is 0.218 e. The van der Waals surface area contributed by atoms with E-state index >= 15 is 0 Å². The Bertz CT molecular complexity index is 160. The minimum Gasteiger partial charge on any atom is -0.218 e. The summed E-state index contributed by atoms with van der Waals surface area (Å²) < 4.78 is 53.3. The monoisotopic (exact) mass is 182 g/mol. The number of rotatable bonds is 2. The first kappa shape index (κ1) is 9.03. The Morgan fingerprint density at radius 2 is 1.56 bits per heavy atom. The van der Waals surface area contributed by atoms with E-state index in [-0.39, 0.29) is 0 Å². The summed E-state index contributed by atoms with van der Waals surface area (Å²) in [4.78, 5) is -3.02. The predicted molar refractivity (Wildman–Crippen MR) is 25.7 cm³/mol. The van der Waals surface area contributed by atoms with Crippen LogP contribution in [-0.4, -0.2) is 19.1 Å². The lowest BCUT2D eigenvalue weighted by Crippen LogP contribution is -2.18. The second-order valence-corrected chi connectivity index (χ2v) is 3.70. The lowest BCUT2D eigenvalue weighted by Gasteiger charge is -1.98. The quantitative estimate of drug-likeness (QED) is 0.600. The molecule has 0 saturated carbocycles. The number of alkyl halides is 4. The maximum absolute atomic E-state index is 11.4. The summed E-state index contributed by atoms with van der Waals surface area (Å²) in [6.07, 6.45) is 0. The third-order valence-corrected chi connectivity index (χ3v) is 2.24. The molecular weight excluding hydrogens is 181 g/mol. The van der Waals surface area contributed by atoms with Gasteiger partial charge in [-0.2, -0.15) is 8.78 Å². The average Bonchev–Trinajstić information content (AvgIpc) is 1.65. The van der Waals surface area contributed by atoms with E-state index in [0.717, 1.165) is 0 Å². The lowest BCUT2D eigenvalue weighted by atomic mass is 11.7. The molecule has 0 aromatic heterocycles. The van der Waals surface area contributed by atoms with Crippen molar-refractivity contribution in [2.75, 3.05) is 0 Å². The molecule has 1 atom stereocenters. The molecule has 0 N–H and O–H groups in total. The summed E-state index contributed by atoms with van der Waals surface area (Å²) in [7, 11) is -5.05. The Morgan fingerprint density at radius 1 is 1.22 bits per heavy atom. The van der Waals surface area contributed by atoms with Gasteiger partial charge in [-0.05, 0) is 0 Å². The Balaban J connectivity index is 4.42. The van der Waals surface area contributed by atoms with Crippen LogP contribution in [0.1, 0.15) is 0 Å². The summed E-state index contributed by atoms with van der Waals surface area (Å²) >= 11 is 4.23. The van der Waals surface area contributed by atoms with Gasteiger partial charge in [-0.25, -0.2) is 12.8 Å². The summed E-state index contributed by atoms with van der Waals surface area (Å²) in [6, 6.07) is 0. The van der Waals surface area contributed by atoms with Crippen molar-refractivity contribution in [1.82, 2.24) is 0 Å².